The second-order valence-corrected chi connectivity index (χ2v) is 3.99. The molecule has 0 aliphatic rings. The molecule has 7 heteroatoms. The van der Waals surface area contributed by atoms with Gasteiger partial charge in [0.15, 0.2) is 0 Å². The van der Waals surface area contributed by atoms with Gasteiger partial charge in [-0.15, -0.1) is 0 Å². The summed E-state index contributed by atoms with van der Waals surface area (Å²) in [6, 6.07) is 3.50. The first-order valence-corrected chi connectivity index (χ1v) is 5.73. The lowest BCUT2D eigenvalue weighted by Crippen LogP contribution is -2.19. The zero-order valence-electron chi connectivity index (χ0n) is 10.7. The summed E-state index contributed by atoms with van der Waals surface area (Å²) in [5, 5.41) is 6.30. The molecule has 0 radical (unpaired) electrons. The van der Waals surface area contributed by atoms with E-state index in [1.54, 1.807) is 25.3 Å². The molecule has 100 valence electrons. The van der Waals surface area contributed by atoms with Crippen LogP contribution in [0.15, 0.2) is 22.9 Å². The monoisotopic (exact) mass is 262 g/mol. The summed E-state index contributed by atoms with van der Waals surface area (Å²) >= 11 is 0. The van der Waals surface area contributed by atoms with Crippen molar-refractivity contribution in [2.45, 2.75) is 20.5 Å². The Morgan fingerprint density at radius 1 is 1.47 bits per heavy atom. The van der Waals surface area contributed by atoms with Gasteiger partial charge in [0.25, 0.3) is 5.91 Å². The Bertz CT molecular complexity index is 568. The molecule has 0 aliphatic heterocycles. The van der Waals surface area contributed by atoms with E-state index >= 15 is 0 Å². The maximum absolute atomic E-state index is 11.6. The van der Waals surface area contributed by atoms with Gasteiger partial charge in [-0.05, 0) is 19.9 Å². The van der Waals surface area contributed by atoms with Gasteiger partial charge in [0, 0.05) is 18.0 Å². The van der Waals surface area contributed by atoms with E-state index < -0.39 is 0 Å². The Morgan fingerprint density at radius 2 is 2.32 bits per heavy atom. The quantitative estimate of drug-likeness (QED) is 0.871. The van der Waals surface area contributed by atoms with E-state index in [0.29, 0.717) is 11.5 Å². The van der Waals surface area contributed by atoms with Crippen molar-refractivity contribution in [1.82, 2.24) is 15.1 Å². The summed E-state index contributed by atoms with van der Waals surface area (Å²) < 4.78 is 10.1. The van der Waals surface area contributed by atoms with Crippen LogP contribution in [0, 0.1) is 13.8 Å². The summed E-state index contributed by atoms with van der Waals surface area (Å²) in [7, 11) is 0. The third-order valence-electron chi connectivity index (χ3n) is 2.21. The van der Waals surface area contributed by atoms with Crippen LogP contribution >= 0.6 is 0 Å². The van der Waals surface area contributed by atoms with Crippen LogP contribution in [0.1, 0.15) is 17.1 Å². The molecule has 0 aromatic carbocycles. The smallest absolute Gasteiger partial charge is 0.252 e. The third kappa shape index (κ3) is 4.14. The van der Waals surface area contributed by atoms with E-state index in [1.165, 1.54) is 0 Å². The maximum Gasteiger partial charge on any atom is 0.252 e. The normalized spacial score (nSPS) is 10.4. The summed E-state index contributed by atoms with van der Waals surface area (Å²) in [5.41, 5.74) is 1.43. The standard InChI is InChI=1S/C12H14N4O3/c1-8-3-4-13-12(14-8)15-11(17)7-18-6-10-5-9(2)19-16-10/h3-5H,6-7H2,1-2H3,(H,13,14,15,17). The molecule has 0 bridgehead atoms. The molecule has 1 amide bonds. The summed E-state index contributed by atoms with van der Waals surface area (Å²) in [6.07, 6.45) is 1.58. The summed E-state index contributed by atoms with van der Waals surface area (Å²) in [6.45, 7) is 3.74. The van der Waals surface area contributed by atoms with E-state index in [4.69, 9.17) is 9.26 Å². The van der Waals surface area contributed by atoms with Crippen molar-refractivity contribution >= 4 is 11.9 Å². The number of carbonyl (C=O) groups is 1. The van der Waals surface area contributed by atoms with Gasteiger partial charge in [-0.25, -0.2) is 9.97 Å². The number of hydrogen-bond acceptors (Lipinski definition) is 6. The van der Waals surface area contributed by atoms with Crippen molar-refractivity contribution in [1.29, 1.82) is 0 Å². The Morgan fingerprint density at radius 3 is 3.00 bits per heavy atom. The van der Waals surface area contributed by atoms with E-state index in [2.05, 4.69) is 20.4 Å². The lowest BCUT2D eigenvalue weighted by molar-refractivity contribution is -0.121. The van der Waals surface area contributed by atoms with Gasteiger partial charge in [0.2, 0.25) is 5.95 Å². The van der Waals surface area contributed by atoms with Crippen LogP contribution in [-0.2, 0) is 16.1 Å². The van der Waals surface area contributed by atoms with Crippen molar-refractivity contribution in [2.75, 3.05) is 11.9 Å². The fraction of sp³-hybridized carbons (Fsp3) is 0.333. The molecule has 1 N–H and O–H groups in total. The predicted octanol–water partition coefficient (Wildman–Crippen LogP) is 1.24. The number of hydrogen-bond donors (Lipinski definition) is 1. The number of amides is 1. The van der Waals surface area contributed by atoms with Gasteiger partial charge in [0.1, 0.15) is 18.1 Å². The summed E-state index contributed by atoms with van der Waals surface area (Å²) in [4.78, 5) is 19.5. The molecule has 7 nitrogen and oxygen atoms in total. The fourth-order valence-corrected chi connectivity index (χ4v) is 1.40. The highest BCUT2D eigenvalue weighted by Gasteiger charge is 2.06. The van der Waals surface area contributed by atoms with Crippen LogP contribution < -0.4 is 5.32 Å². The van der Waals surface area contributed by atoms with Gasteiger partial charge in [-0.3, -0.25) is 10.1 Å². The molecule has 0 atom stereocenters. The first-order valence-electron chi connectivity index (χ1n) is 5.73. The topological polar surface area (TPSA) is 90.1 Å². The van der Waals surface area contributed by atoms with Crippen LogP contribution in [0.25, 0.3) is 0 Å². The number of aryl methyl sites for hydroxylation is 2. The van der Waals surface area contributed by atoms with Gasteiger partial charge in [-0.1, -0.05) is 5.16 Å². The van der Waals surface area contributed by atoms with Crippen molar-refractivity contribution < 1.29 is 14.1 Å². The minimum Gasteiger partial charge on any atom is -0.365 e. The van der Waals surface area contributed by atoms with E-state index in [9.17, 15) is 4.79 Å². The number of ether oxygens (including phenoxy) is 1. The molecule has 0 saturated carbocycles. The molecule has 0 spiro atoms. The number of nitrogens with one attached hydrogen (secondary N) is 1. The Kier molecular flexibility index (Phi) is 4.19. The highest BCUT2D eigenvalue weighted by molar-refractivity contribution is 5.89. The number of nitrogens with zero attached hydrogens (tertiary/aromatic N) is 3. The predicted molar refractivity (Wildman–Crippen MR) is 66.3 cm³/mol. The van der Waals surface area contributed by atoms with Crippen molar-refractivity contribution in [2.24, 2.45) is 0 Å². The van der Waals surface area contributed by atoms with Gasteiger partial charge >= 0.3 is 0 Å². The third-order valence-corrected chi connectivity index (χ3v) is 2.21. The lowest BCUT2D eigenvalue weighted by Gasteiger charge is -2.04. The number of carbonyl (C=O) groups excluding carboxylic acids is 1. The Labute approximate surface area is 110 Å². The first kappa shape index (κ1) is 13.2. The fourth-order valence-electron chi connectivity index (χ4n) is 1.40. The average Bonchev–Trinajstić information content (AvgIpc) is 2.75. The highest BCUT2D eigenvalue weighted by atomic mass is 16.5. The van der Waals surface area contributed by atoms with E-state index in [0.717, 1.165) is 5.69 Å². The lowest BCUT2D eigenvalue weighted by atomic mass is 10.4. The van der Waals surface area contributed by atoms with Crippen molar-refractivity contribution in [3.63, 3.8) is 0 Å². The minimum atomic E-state index is -0.314. The molecule has 2 aromatic heterocycles. The highest BCUT2D eigenvalue weighted by Crippen LogP contribution is 2.03. The average molecular weight is 262 g/mol. The van der Waals surface area contributed by atoms with Crippen LogP contribution in [0.5, 0.6) is 0 Å². The van der Waals surface area contributed by atoms with Gasteiger partial charge < -0.3 is 9.26 Å². The number of aromatic nitrogens is 3. The molecule has 2 aromatic rings. The van der Waals surface area contributed by atoms with Crippen LogP contribution in [-0.4, -0.2) is 27.6 Å². The van der Waals surface area contributed by atoms with Gasteiger partial charge in [0.05, 0.1) is 6.61 Å². The number of anilines is 1. The van der Waals surface area contributed by atoms with E-state index in [1.807, 2.05) is 6.92 Å². The SMILES string of the molecule is Cc1ccnc(NC(=O)COCc2cc(C)on2)n1. The Balaban J connectivity index is 1.76. The molecular formula is C12H14N4O3. The van der Waals surface area contributed by atoms with Crippen LogP contribution in [0.2, 0.25) is 0 Å². The van der Waals surface area contributed by atoms with Crippen LogP contribution in [0.4, 0.5) is 5.95 Å². The molecule has 0 aliphatic carbocycles. The minimum absolute atomic E-state index is 0.0940. The molecule has 0 saturated heterocycles. The Hall–Kier alpha value is -2.28. The largest absolute Gasteiger partial charge is 0.365 e. The molecule has 2 heterocycles. The van der Waals surface area contributed by atoms with Crippen molar-refractivity contribution in [3.8, 4) is 0 Å². The molecule has 0 fully saturated rings. The second-order valence-electron chi connectivity index (χ2n) is 3.99. The van der Waals surface area contributed by atoms with Crippen molar-refractivity contribution in [3.05, 3.63) is 35.5 Å². The summed E-state index contributed by atoms with van der Waals surface area (Å²) in [5.74, 6) is 0.660. The molecule has 0 unspecified atom stereocenters. The molecule has 2 rings (SSSR count). The first-order chi connectivity index (χ1) is 9.13. The van der Waals surface area contributed by atoms with Crippen LogP contribution in [0.3, 0.4) is 0 Å². The zero-order valence-corrected chi connectivity index (χ0v) is 10.7. The molecular weight excluding hydrogens is 248 g/mol. The van der Waals surface area contributed by atoms with E-state index in [-0.39, 0.29) is 25.1 Å². The second kappa shape index (κ2) is 6.05. The number of rotatable bonds is 5. The maximum atomic E-state index is 11.6. The van der Waals surface area contributed by atoms with Gasteiger partial charge in [-0.2, -0.15) is 0 Å². The zero-order chi connectivity index (χ0) is 13.7. The molecule has 19 heavy (non-hydrogen) atoms.